The normalized spacial score (nSPS) is 13.5. The molecule has 0 spiro atoms. The number of nitrogens with two attached hydrogens (primary N) is 1. The van der Waals surface area contributed by atoms with Crippen molar-refractivity contribution in [3.8, 4) is 0 Å². The molecular formula is C11H18ClNS. The first-order valence-corrected chi connectivity index (χ1v) is 6.30. The second-order valence-corrected chi connectivity index (χ2v) is 5.67. The van der Waals surface area contributed by atoms with Gasteiger partial charge in [0.2, 0.25) is 0 Å². The molecule has 0 saturated heterocycles. The van der Waals surface area contributed by atoms with Gasteiger partial charge in [-0.1, -0.05) is 25.4 Å². The largest absolute Gasteiger partial charge is 0.330 e. The average molecular weight is 232 g/mol. The van der Waals surface area contributed by atoms with Crippen molar-refractivity contribution in [2.45, 2.75) is 32.6 Å². The molecule has 1 aromatic rings. The SMILES string of the molecule is CC(C)C(CCCN)c1ccc(Cl)s1. The monoisotopic (exact) mass is 231 g/mol. The van der Waals surface area contributed by atoms with Crippen LogP contribution in [0.1, 0.15) is 37.5 Å². The Morgan fingerprint density at radius 2 is 2.14 bits per heavy atom. The van der Waals surface area contributed by atoms with Crippen LogP contribution in [-0.2, 0) is 0 Å². The van der Waals surface area contributed by atoms with Gasteiger partial charge in [-0.2, -0.15) is 0 Å². The van der Waals surface area contributed by atoms with E-state index in [0.29, 0.717) is 11.8 Å². The van der Waals surface area contributed by atoms with Crippen molar-refractivity contribution in [1.82, 2.24) is 0 Å². The van der Waals surface area contributed by atoms with Crippen LogP contribution >= 0.6 is 22.9 Å². The molecule has 1 rings (SSSR count). The Morgan fingerprint density at radius 3 is 2.57 bits per heavy atom. The van der Waals surface area contributed by atoms with E-state index in [9.17, 15) is 0 Å². The van der Waals surface area contributed by atoms with Gasteiger partial charge in [0, 0.05) is 4.88 Å². The summed E-state index contributed by atoms with van der Waals surface area (Å²) in [5.74, 6) is 1.28. The van der Waals surface area contributed by atoms with Crippen molar-refractivity contribution in [3.63, 3.8) is 0 Å². The van der Waals surface area contributed by atoms with E-state index in [2.05, 4.69) is 19.9 Å². The molecule has 80 valence electrons. The van der Waals surface area contributed by atoms with E-state index in [1.54, 1.807) is 11.3 Å². The summed E-state index contributed by atoms with van der Waals surface area (Å²) in [6, 6.07) is 4.13. The minimum absolute atomic E-state index is 0.621. The predicted octanol–water partition coefficient (Wildman–Crippen LogP) is 3.88. The third-order valence-corrected chi connectivity index (χ3v) is 3.85. The molecule has 0 aliphatic heterocycles. The molecule has 0 aliphatic rings. The van der Waals surface area contributed by atoms with Gasteiger partial charge < -0.3 is 5.73 Å². The molecule has 0 aromatic carbocycles. The molecular weight excluding hydrogens is 214 g/mol. The first-order valence-electron chi connectivity index (χ1n) is 5.10. The molecule has 1 atom stereocenters. The third kappa shape index (κ3) is 3.26. The Kier molecular flexibility index (Phi) is 4.93. The Morgan fingerprint density at radius 1 is 1.43 bits per heavy atom. The minimum atomic E-state index is 0.621. The number of halogens is 1. The lowest BCUT2D eigenvalue weighted by Crippen LogP contribution is -2.08. The fraction of sp³-hybridized carbons (Fsp3) is 0.636. The maximum atomic E-state index is 5.94. The van der Waals surface area contributed by atoms with Crippen molar-refractivity contribution in [3.05, 3.63) is 21.3 Å². The van der Waals surface area contributed by atoms with Gasteiger partial charge in [0.15, 0.2) is 0 Å². The Hall–Kier alpha value is -0.0500. The van der Waals surface area contributed by atoms with Crippen LogP contribution in [0.5, 0.6) is 0 Å². The van der Waals surface area contributed by atoms with Crippen LogP contribution in [0.15, 0.2) is 12.1 Å². The summed E-state index contributed by atoms with van der Waals surface area (Å²) in [6.07, 6.45) is 2.27. The average Bonchev–Trinajstić information content (AvgIpc) is 2.52. The van der Waals surface area contributed by atoms with Gasteiger partial charge in [-0.15, -0.1) is 11.3 Å². The fourth-order valence-electron chi connectivity index (χ4n) is 1.67. The molecule has 0 amide bonds. The number of hydrogen-bond acceptors (Lipinski definition) is 2. The van der Waals surface area contributed by atoms with Crippen LogP contribution in [0.2, 0.25) is 4.34 Å². The summed E-state index contributed by atoms with van der Waals surface area (Å²) < 4.78 is 0.887. The zero-order valence-corrected chi connectivity index (χ0v) is 10.4. The molecule has 0 fully saturated rings. The highest BCUT2D eigenvalue weighted by molar-refractivity contribution is 7.16. The molecule has 14 heavy (non-hydrogen) atoms. The molecule has 1 nitrogen and oxygen atoms in total. The first-order chi connectivity index (χ1) is 6.65. The van der Waals surface area contributed by atoms with E-state index < -0.39 is 0 Å². The minimum Gasteiger partial charge on any atom is -0.330 e. The summed E-state index contributed by atoms with van der Waals surface area (Å²) in [5.41, 5.74) is 5.54. The molecule has 2 N–H and O–H groups in total. The van der Waals surface area contributed by atoms with Crippen molar-refractivity contribution < 1.29 is 0 Å². The van der Waals surface area contributed by atoms with Gasteiger partial charge in [0.1, 0.15) is 0 Å². The Bertz CT molecular complexity index is 270. The van der Waals surface area contributed by atoms with Gasteiger partial charge in [-0.3, -0.25) is 0 Å². The second-order valence-electron chi connectivity index (χ2n) is 3.92. The molecule has 1 aromatic heterocycles. The second kappa shape index (κ2) is 5.74. The van der Waals surface area contributed by atoms with Crippen LogP contribution in [-0.4, -0.2) is 6.54 Å². The van der Waals surface area contributed by atoms with Crippen molar-refractivity contribution in [2.75, 3.05) is 6.54 Å². The molecule has 0 bridgehead atoms. The highest BCUT2D eigenvalue weighted by atomic mass is 35.5. The predicted molar refractivity (Wildman–Crippen MR) is 65.2 cm³/mol. The lowest BCUT2D eigenvalue weighted by Gasteiger charge is -2.18. The van der Waals surface area contributed by atoms with E-state index in [0.717, 1.165) is 17.3 Å². The maximum absolute atomic E-state index is 5.94. The number of hydrogen-bond donors (Lipinski definition) is 1. The lowest BCUT2D eigenvalue weighted by molar-refractivity contribution is 0.464. The van der Waals surface area contributed by atoms with Gasteiger partial charge in [0.05, 0.1) is 4.34 Å². The summed E-state index contributed by atoms with van der Waals surface area (Å²) in [6.45, 7) is 5.30. The lowest BCUT2D eigenvalue weighted by atomic mass is 9.90. The van der Waals surface area contributed by atoms with E-state index in [4.69, 9.17) is 17.3 Å². The fourth-order valence-corrected chi connectivity index (χ4v) is 3.04. The molecule has 1 unspecified atom stereocenters. The third-order valence-electron chi connectivity index (χ3n) is 2.48. The van der Waals surface area contributed by atoms with Crippen molar-refractivity contribution >= 4 is 22.9 Å². The van der Waals surface area contributed by atoms with Crippen LogP contribution in [0.4, 0.5) is 0 Å². The van der Waals surface area contributed by atoms with Crippen molar-refractivity contribution in [1.29, 1.82) is 0 Å². The summed E-state index contributed by atoms with van der Waals surface area (Å²) in [5, 5.41) is 0. The van der Waals surface area contributed by atoms with Crippen molar-refractivity contribution in [2.24, 2.45) is 11.7 Å². The number of thiophene rings is 1. The first kappa shape index (κ1) is 12.0. The standard InChI is InChI=1S/C11H18ClNS/c1-8(2)9(4-3-7-13)10-5-6-11(12)14-10/h5-6,8-9H,3-4,7,13H2,1-2H3. The molecule has 0 radical (unpaired) electrons. The quantitative estimate of drug-likeness (QED) is 0.818. The van der Waals surface area contributed by atoms with E-state index in [-0.39, 0.29) is 0 Å². The van der Waals surface area contributed by atoms with Crippen LogP contribution in [0.25, 0.3) is 0 Å². The van der Waals surface area contributed by atoms with Gasteiger partial charge in [-0.25, -0.2) is 0 Å². The van der Waals surface area contributed by atoms with E-state index in [1.165, 1.54) is 11.3 Å². The molecule has 0 saturated carbocycles. The van der Waals surface area contributed by atoms with Crippen LogP contribution < -0.4 is 5.73 Å². The molecule has 1 heterocycles. The van der Waals surface area contributed by atoms with Gasteiger partial charge >= 0.3 is 0 Å². The topological polar surface area (TPSA) is 26.0 Å². The summed E-state index contributed by atoms with van der Waals surface area (Å²) in [7, 11) is 0. The van der Waals surface area contributed by atoms with E-state index in [1.807, 2.05) is 6.07 Å². The molecule has 0 aliphatic carbocycles. The smallest absolute Gasteiger partial charge is 0.0931 e. The number of rotatable bonds is 5. The summed E-state index contributed by atoms with van der Waals surface area (Å²) in [4.78, 5) is 1.40. The van der Waals surface area contributed by atoms with Crippen LogP contribution in [0, 0.1) is 5.92 Å². The highest BCUT2D eigenvalue weighted by Crippen LogP contribution is 2.35. The van der Waals surface area contributed by atoms with Gasteiger partial charge in [0.25, 0.3) is 0 Å². The maximum Gasteiger partial charge on any atom is 0.0931 e. The summed E-state index contributed by atoms with van der Waals surface area (Å²) >= 11 is 7.64. The molecule has 3 heteroatoms. The van der Waals surface area contributed by atoms with E-state index >= 15 is 0 Å². The zero-order valence-electron chi connectivity index (χ0n) is 8.79. The van der Waals surface area contributed by atoms with Gasteiger partial charge in [-0.05, 0) is 43.4 Å². The Labute approximate surface area is 95.3 Å². The highest BCUT2D eigenvalue weighted by Gasteiger charge is 2.16. The zero-order chi connectivity index (χ0) is 10.6. The van der Waals surface area contributed by atoms with Crippen LogP contribution in [0.3, 0.4) is 0 Å². The Balaban J connectivity index is 2.67.